The molecule has 6 rings (SSSR count). The van der Waals surface area contributed by atoms with Gasteiger partial charge in [0.25, 0.3) is 11.8 Å². The number of hydrogen-bond donors (Lipinski definition) is 2. The number of allylic oxidation sites excluding steroid dienone is 1. The van der Waals surface area contributed by atoms with Gasteiger partial charge in [0.2, 0.25) is 12.5 Å². The smallest absolute Gasteiger partial charge is 0.408 e. The Balaban J connectivity index is 0.00000523. The molecular formula is C38H40BrN5O7S. The fraction of sp³-hybridized carbons (Fsp3) is 0.316. The number of nitrogens with one attached hydrogen (secondary N) is 1. The van der Waals surface area contributed by atoms with Gasteiger partial charge in [-0.2, -0.15) is 4.57 Å². The number of carbonyl (C=O) groups is 5. The van der Waals surface area contributed by atoms with Gasteiger partial charge in [-0.05, 0) is 55.5 Å². The van der Waals surface area contributed by atoms with Gasteiger partial charge >= 0.3 is 12.1 Å². The number of esters is 1. The van der Waals surface area contributed by atoms with Gasteiger partial charge in [0.1, 0.15) is 22.7 Å². The Morgan fingerprint density at radius 2 is 1.62 bits per heavy atom. The van der Waals surface area contributed by atoms with E-state index in [-0.39, 0.29) is 35.1 Å². The number of fused-ring (bicyclic) bond motifs is 1. The number of thioether (sulfide) groups is 1. The molecule has 4 heterocycles. The van der Waals surface area contributed by atoms with Gasteiger partial charge in [-0.1, -0.05) is 60.7 Å². The molecule has 0 bridgehead atoms. The number of likely N-dealkylation sites (tertiary alicyclic amines) is 1. The van der Waals surface area contributed by atoms with E-state index in [1.807, 2.05) is 72.8 Å². The van der Waals surface area contributed by atoms with Crippen LogP contribution < -0.4 is 32.6 Å². The first-order chi connectivity index (χ1) is 24.4. The summed E-state index contributed by atoms with van der Waals surface area (Å²) in [5.74, 6) is -1.53. The van der Waals surface area contributed by atoms with E-state index in [4.69, 9.17) is 15.2 Å². The van der Waals surface area contributed by atoms with Crippen LogP contribution in [0.15, 0.2) is 108 Å². The molecule has 0 spiro atoms. The molecule has 2 fully saturated rings. The van der Waals surface area contributed by atoms with Gasteiger partial charge in [0.15, 0.2) is 18.5 Å². The summed E-state index contributed by atoms with van der Waals surface area (Å²) in [5.41, 5.74) is 7.95. The number of benzene rings is 2. The first-order valence-electron chi connectivity index (χ1n) is 16.6. The summed E-state index contributed by atoms with van der Waals surface area (Å²) >= 11 is 1.38. The van der Waals surface area contributed by atoms with Crippen molar-refractivity contribution in [2.24, 2.45) is 5.73 Å². The lowest BCUT2D eigenvalue weighted by Gasteiger charge is -2.49. The van der Waals surface area contributed by atoms with E-state index in [2.05, 4.69) is 5.32 Å². The van der Waals surface area contributed by atoms with E-state index < -0.39 is 47.0 Å². The highest BCUT2D eigenvalue weighted by molar-refractivity contribution is 8.00. The third kappa shape index (κ3) is 8.73. The highest BCUT2D eigenvalue weighted by Crippen LogP contribution is 2.42. The highest BCUT2D eigenvalue weighted by atomic mass is 79.9. The zero-order chi connectivity index (χ0) is 36.3. The second-order valence-corrected chi connectivity index (χ2v) is 14.6. The lowest BCUT2D eigenvalue weighted by Crippen LogP contribution is -3.00. The molecule has 12 nitrogen and oxygen atoms in total. The summed E-state index contributed by atoms with van der Waals surface area (Å²) in [4.78, 5) is 68.6. The van der Waals surface area contributed by atoms with Gasteiger partial charge in [-0.15, -0.1) is 11.8 Å². The standard InChI is InChI=1S/C38H39N5O7S.BrH/c1-38(2,3)50-37(48)40-30-34(46)43-31(36(47)49-32(25-10-6-4-7-11-25)26-12-8-5-9-13-26)28(23-51-35(30)43)20-27-16-19-42(33(27)45)21-24-14-17-41(18-15-24)22-29(39)44;/h4-15,17-18,20,30,32,35H,16,19,21-23H2,1-3H3,(H2-,39,40,44,48);1H/t30-,35-;/m1./s1. The number of ether oxygens (including phenoxy) is 2. The van der Waals surface area contributed by atoms with E-state index in [1.165, 1.54) is 16.7 Å². The van der Waals surface area contributed by atoms with Crippen molar-refractivity contribution in [3.05, 3.63) is 125 Å². The second-order valence-electron chi connectivity index (χ2n) is 13.5. The molecule has 2 aromatic carbocycles. The number of amides is 4. The Labute approximate surface area is 316 Å². The lowest BCUT2D eigenvalue weighted by molar-refractivity contribution is -0.684. The molecule has 14 heteroatoms. The van der Waals surface area contributed by atoms with E-state index in [1.54, 1.807) is 48.7 Å². The van der Waals surface area contributed by atoms with E-state index >= 15 is 0 Å². The average Bonchev–Trinajstić information content (AvgIpc) is 3.44. The molecule has 0 radical (unpaired) electrons. The fourth-order valence-electron chi connectivity index (χ4n) is 6.19. The van der Waals surface area contributed by atoms with Crippen LogP contribution in [0.3, 0.4) is 0 Å². The van der Waals surface area contributed by atoms with Gasteiger partial charge in [-0.3, -0.25) is 19.3 Å². The molecule has 0 saturated carbocycles. The number of alkyl carbamates (subject to hydrolysis) is 1. The van der Waals surface area contributed by atoms with Gasteiger partial charge < -0.3 is 42.4 Å². The van der Waals surface area contributed by atoms with Crippen molar-refractivity contribution in [2.45, 2.75) is 63.4 Å². The molecule has 4 amide bonds. The third-order valence-electron chi connectivity index (χ3n) is 8.53. The minimum atomic E-state index is -0.906. The lowest BCUT2D eigenvalue weighted by atomic mass is 10.00. The Hall–Kier alpha value is -4.95. The fourth-order valence-corrected chi connectivity index (χ4v) is 7.49. The molecule has 2 saturated heterocycles. The van der Waals surface area contributed by atoms with Gasteiger partial charge in [-0.25, -0.2) is 9.59 Å². The summed E-state index contributed by atoms with van der Waals surface area (Å²) < 4.78 is 13.3. The number of hydrogen-bond acceptors (Lipinski definition) is 8. The molecular weight excluding hydrogens is 750 g/mol. The summed E-state index contributed by atoms with van der Waals surface area (Å²) in [7, 11) is 0. The topological polar surface area (TPSA) is 152 Å². The second kappa shape index (κ2) is 16.2. The van der Waals surface area contributed by atoms with E-state index in [0.29, 0.717) is 36.4 Å². The Kier molecular flexibility index (Phi) is 11.9. The van der Waals surface area contributed by atoms with Crippen LogP contribution in [0.4, 0.5) is 4.79 Å². The summed E-state index contributed by atoms with van der Waals surface area (Å²) in [5, 5.41) is 2.09. The van der Waals surface area contributed by atoms with Crippen LogP contribution in [0.25, 0.3) is 0 Å². The van der Waals surface area contributed by atoms with Gasteiger partial charge in [0, 0.05) is 36.5 Å². The molecule has 0 unspecified atom stereocenters. The molecule has 3 N–H and O–H groups in total. The molecule has 52 heavy (non-hydrogen) atoms. The number of aromatic nitrogens is 1. The van der Waals surface area contributed by atoms with Crippen LogP contribution >= 0.6 is 11.8 Å². The number of nitrogens with two attached hydrogens (primary N) is 1. The van der Waals surface area contributed by atoms with Crippen LogP contribution in [0, 0.1) is 0 Å². The van der Waals surface area contributed by atoms with Crippen molar-refractivity contribution in [1.29, 1.82) is 0 Å². The van der Waals surface area contributed by atoms with E-state index in [0.717, 1.165) is 16.7 Å². The summed E-state index contributed by atoms with van der Waals surface area (Å²) in [6, 6.07) is 21.4. The Morgan fingerprint density at radius 3 is 2.19 bits per heavy atom. The zero-order valence-electron chi connectivity index (χ0n) is 29.0. The van der Waals surface area contributed by atoms with Crippen LogP contribution in [-0.4, -0.2) is 68.9 Å². The minimum absolute atomic E-state index is 0. The third-order valence-corrected chi connectivity index (χ3v) is 9.83. The van der Waals surface area contributed by atoms with Crippen LogP contribution in [0.5, 0.6) is 0 Å². The van der Waals surface area contributed by atoms with Crippen LogP contribution in [0.2, 0.25) is 0 Å². The monoisotopic (exact) mass is 789 g/mol. The normalized spacial score (nSPS) is 19.2. The molecule has 3 aromatic rings. The first-order valence-corrected chi connectivity index (χ1v) is 17.7. The SMILES string of the molecule is CC(C)(C)OC(=O)N[C@@H]1C(=O)N2C(C(=O)OC(c3ccccc3)c3ccccc3)=C(C=C3CCN(Cc4cc[n+](CC(N)=O)cc4)C3=O)CS[C@H]12.[Br-]. The largest absolute Gasteiger partial charge is 1.00 e. The number of pyridine rings is 1. The maximum atomic E-state index is 14.3. The number of primary amides is 1. The zero-order valence-corrected chi connectivity index (χ0v) is 31.4. The van der Waals surface area contributed by atoms with Crippen molar-refractivity contribution in [3.8, 4) is 0 Å². The van der Waals surface area contributed by atoms with Crippen LogP contribution in [0.1, 0.15) is 50.0 Å². The maximum Gasteiger partial charge on any atom is 0.408 e. The number of nitrogens with zero attached hydrogens (tertiary/aromatic N) is 3. The molecule has 272 valence electrons. The number of rotatable bonds is 10. The Bertz CT molecular complexity index is 1860. The van der Waals surface area contributed by atoms with Crippen molar-refractivity contribution >= 4 is 41.5 Å². The predicted molar refractivity (Wildman–Crippen MR) is 188 cm³/mol. The number of carbonyl (C=O) groups excluding carboxylic acids is 5. The molecule has 2 atom stereocenters. The van der Waals surface area contributed by atoms with Crippen LogP contribution in [-0.2, 0) is 41.7 Å². The molecule has 1 aromatic heterocycles. The van der Waals surface area contributed by atoms with E-state index in [9.17, 15) is 24.0 Å². The average molecular weight is 791 g/mol. The predicted octanol–water partition coefficient (Wildman–Crippen LogP) is 0.517. The molecule has 3 aliphatic rings. The quantitative estimate of drug-likeness (QED) is 0.131. The number of β-lactam (4-membered cyclic amide) rings is 1. The Morgan fingerprint density at radius 1 is 1.00 bits per heavy atom. The summed E-state index contributed by atoms with van der Waals surface area (Å²) in [6.07, 6.45) is 4.13. The number of halogens is 1. The molecule has 3 aliphatic heterocycles. The van der Waals surface area contributed by atoms with Crippen molar-refractivity contribution in [1.82, 2.24) is 15.1 Å². The van der Waals surface area contributed by atoms with Crippen molar-refractivity contribution in [3.63, 3.8) is 0 Å². The van der Waals surface area contributed by atoms with Crippen molar-refractivity contribution < 1.29 is 55.0 Å². The van der Waals surface area contributed by atoms with Gasteiger partial charge in [0.05, 0.1) is 0 Å². The molecule has 0 aliphatic carbocycles. The van der Waals surface area contributed by atoms with Crippen molar-refractivity contribution in [2.75, 3.05) is 12.3 Å². The first kappa shape index (κ1) is 38.3. The maximum absolute atomic E-state index is 14.3. The summed E-state index contributed by atoms with van der Waals surface area (Å²) in [6.45, 7) is 6.08. The minimum Gasteiger partial charge on any atom is -1.00 e. The highest BCUT2D eigenvalue weighted by Gasteiger charge is 2.55.